The average Bonchev–Trinajstić information content (AvgIpc) is 2.85. The summed E-state index contributed by atoms with van der Waals surface area (Å²) in [6, 6.07) is 4.72. The van der Waals surface area contributed by atoms with Crippen LogP contribution in [0.2, 0.25) is 5.02 Å². The largest absolute Gasteiger partial charge is 0.451 e. The molecular formula is C17H17ClF3N3O3. The molecule has 1 amide bonds. The maximum Gasteiger partial charge on any atom is 0.418 e. The molecule has 0 fully saturated rings. The Hall–Kier alpha value is -2.55. The number of carbonyl (C=O) groups is 2. The number of ether oxygens (including phenoxy) is 1. The molecule has 1 unspecified atom stereocenters. The van der Waals surface area contributed by atoms with E-state index < -0.39 is 35.4 Å². The first-order chi connectivity index (χ1) is 12.5. The van der Waals surface area contributed by atoms with E-state index in [1.165, 1.54) is 17.7 Å². The molecule has 1 atom stereocenters. The minimum absolute atomic E-state index is 0.121. The summed E-state index contributed by atoms with van der Waals surface area (Å²) in [6.45, 7) is 4.56. The second-order valence-electron chi connectivity index (χ2n) is 5.89. The number of esters is 1. The van der Waals surface area contributed by atoms with Crippen LogP contribution in [0.25, 0.3) is 0 Å². The monoisotopic (exact) mass is 403 g/mol. The molecule has 2 rings (SSSR count). The van der Waals surface area contributed by atoms with Gasteiger partial charge in [-0.1, -0.05) is 11.6 Å². The number of carbonyl (C=O) groups excluding carboxylic acids is 2. The van der Waals surface area contributed by atoms with Crippen LogP contribution in [-0.2, 0) is 27.0 Å². The lowest BCUT2D eigenvalue weighted by atomic mass is 10.1. The van der Waals surface area contributed by atoms with Crippen molar-refractivity contribution in [2.75, 3.05) is 5.32 Å². The topological polar surface area (TPSA) is 73.2 Å². The van der Waals surface area contributed by atoms with E-state index >= 15 is 0 Å². The average molecular weight is 404 g/mol. The number of aromatic nitrogens is 2. The van der Waals surface area contributed by atoms with E-state index in [0.717, 1.165) is 11.8 Å². The van der Waals surface area contributed by atoms with Crippen LogP contribution in [0.3, 0.4) is 0 Å². The molecule has 0 saturated heterocycles. The molecule has 0 aliphatic heterocycles. The molecule has 146 valence electrons. The number of anilines is 1. The summed E-state index contributed by atoms with van der Waals surface area (Å²) in [5, 5.41) is 6.09. The fourth-order valence-electron chi connectivity index (χ4n) is 2.34. The number of rotatable bonds is 5. The minimum atomic E-state index is -4.71. The summed E-state index contributed by atoms with van der Waals surface area (Å²) in [4.78, 5) is 24.1. The van der Waals surface area contributed by atoms with Gasteiger partial charge in [-0.3, -0.25) is 14.3 Å². The van der Waals surface area contributed by atoms with Crippen molar-refractivity contribution in [1.29, 1.82) is 0 Å². The lowest BCUT2D eigenvalue weighted by molar-refractivity contribution is -0.154. The van der Waals surface area contributed by atoms with Gasteiger partial charge in [-0.05, 0) is 45.0 Å². The van der Waals surface area contributed by atoms with Crippen molar-refractivity contribution in [2.24, 2.45) is 0 Å². The lowest BCUT2D eigenvalue weighted by Crippen LogP contribution is -2.32. The third-order valence-electron chi connectivity index (χ3n) is 3.60. The number of amides is 1. The van der Waals surface area contributed by atoms with Crippen molar-refractivity contribution >= 4 is 29.2 Å². The normalized spacial score (nSPS) is 12.6. The minimum Gasteiger partial charge on any atom is -0.451 e. The van der Waals surface area contributed by atoms with Gasteiger partial charge in [0, 0.05) is 10.7 Å². The summed E-state index contributed by atoms with van der Waals surface area (Å²) in [5.74, 6) is -1.64. The molecule has 6 nitrogen and oxygen atoms in total. The maximum absolute atomic E-state index is 13.1. The highest BCUT2D eigenvalue weighted by Crippen LogP contribution is 2.36. The molecule has 0 aliphatic rings. The highest BCUT2D eigenvalue weighted by Gasteiger charge is 2.34. The summed E-state index contributed by atoms with van der Waals surface area (Å²) < 4.78 is 45.6. The Morgan fingerprint density at radius 2 is 1.96 bits per heavy atom. The number of aryl methyl sites for hydroxylation is 2. The van der Waals surface area contributed by atoms with Crippen LogP contribution in [0.5, 0.6) is 0 Å². The first kappa shape index (κ1) is 20.8. The second-order valence-corrected chi connectivity index (χ2v) is 6.33. The fraction of sp³-hybridized carbons (Fsp3) is 0.353. The Morgan fingerprint density at radius 3 is 2.52 bits per heavy atom. The van der Waals surface area contributed by atoms with E-state index in [4.69, 9.17) is 16.3 Å². The Labute approximate surface area is 158 Å². The van der Waals surface area contributed by atoms with Gasteiger partial charge in [0.1, 0.15) is 6.54 Å². The predicted octanol–water partition coefficient (Wildman–Crippen LogP) is 3.74. The van der Waals surface area contributed by atoms with Gasteiger partial charge in [-0.2, -0.15) is 18.3 Å². The van der Waals surface area contributed by atoms with Crippen LogP contribution >= 0.6 is 11.6 Å². The molecule has 0 radical (unpaired) electrons. The molecule has 1 heterocycles. The summed E-state index contributed by atoms with van der Waals surface area (Å²) in [6.07, 6.45) is -6.01. The second kappa shape index (κ2) is 7.99. The van der Waals surface area contributed by atoms with Crippen LogP contribution < -0.4 is 5.32 Å². The Bertz CT molecular complexity index is 865. The molecule has 1 N–H and O–H groups in total. The lowest BCUT2D eigenvalue weighted by Gasteiger charge is -2.17. The number of alkyl halides is 3. The van der Waals surface area contributed by atoms with Gasteiger partial charge in [-0.15, -0.1) is 0 Å². The zero-order valence-corrected chi connectivity index (χ0v) is 15.5. The first-order valence-electron chi connectivity index (χ1n) is 7.85. The van der Waals surface area contributed by atoms with Crippen molar-refractivity contribution in [3.8, 4) is 0 Å². The highest BCUT2D eigenvalue weighted by molar-refractivity contribution is 6.30. The Kier molecular flexibility index (Phi) is 6.15. The van der Waals surface area contributed by atoms with Gasteiger partial charge in [0.25, 0.3) is 5.91 Å². The molecule has 0 bridgehead atoms. The Morgan fingerprint density at radius 1 is 1.30 bits per heavy atom. The van der Waals surface area contributed by atoms with Crippen molar-refractivity contribution in [1.82, 2.24) is 9.78 Å². The molecule has 0 saturated carbocycles. The van der Waals surface area contributed by atoms with Gasteiger partial charge >= 0.3 is 12.1 Å². The van der Waals surface area contributed by atoms with Gasteiger partial charge in [0.2, 0.25) is 0 Å². The van der Waals surface area contributed by atoms with Crippen molar-refractivity contribution < 1.29 is 27.5 Å². The quantitative estimate of drug-likeness (QED) is 0.772. The van der Waals surface area contributed by atoms with Crippen molar-refractivity contribution in [3.63, 3.8) is 0 Å². The number of hydrogen-bond donors (Lipinski definition) is 1. The summed E-state index contributed by atoms with van der Waals surface area (Å²) in [7, 11) is 0. The SMILES string of the molecule is Cc1cc(C)n(CC(=O)OC(C)C(=O)Nc2ccc(Cl)cc2C(F)(F)F)n1. The van der Waals surface area contributed by atoms with E-state index in [1.54, 1.807) is 19.9 Å². The number of halogens is 4. The number of benzene rings is 1. The molecule has 1 aromatic heterocycles. The summed E-state index contributed by atoms with van der Waals surface area (Å²) >= 11 is 5.59. The number of hydrogen-bond acceptors (Lipinski definition) is 4. The van der Waals surface area contributed by atoms with E-state index in [-0.39, 0.29) is 11.6 Å². The summed E-state index contributed by atoms with van der Waals surface area (Å²) in [5.41, 5.74) is -0.117. The highest BCUT2D eigenvalue weighted by atomic mass is 35.5. The van der Waals surface area contributed by atoms with Gasteiger partial charge in [0.05, 0.1) is 16.9 Å². The zero-order chi connectivity index (χ0) is 20.4. The molecular weight excluding hydrogens is 387 g/mol. The predicted molar refractivity (Wildman–Crippen MR) is 92.3 cm³/mol. The van der Waals surface area contributed by atoms with E-state index in [1.807, 2.05) is 0 Å². The van der Waals surface area contributed by atoms with E-state index in [9.17, 15) is 22.8 Å². The number of nitrogens with one attached hydrogen (secondary N) is 1. The fourth-order valence-corrected chi connectivity index (χ4v) is 2.51. The van der Waals surface area contributed by atoms with Crippen LogP contribution in [0.15, 0.2) is 24.3 Å². The van der Waals surface area contributed by atoms with E-state index in [2.05, 4.69) is 10.4 Å². The molecule has 27 heavy (non-hydrogen) atoms. The Balaban J connectivity index is 2.04. The smallest absolute Gasteiger partial charge is 0.418 e. The van der Waals surface area contributed by atoms with Crippen LogP contribution in [0.1, 0.15) is 23.9 Å². The van der Waals surface area contributed by atoms with Crippen LogP contribution in [-0.4, -0.2) is 27.8 Å². The molecule has 0 aliphatic carbocycles. The van der Waals surface area contributed by atoms with Gasteiger partial charge in [-0.25, -0.2) is 0 Å². The van der Waals surface area contributed by atoms with Crippen LogP contribution in [0.4, 0.5) is 18.9 Å². The van der Waals surface area contributed by atoms with Crippen molar-refractivity contribution in [3.05, 3.63) is 46.2 Å². The van der Waals surface area contributed by atoms with Crippen molar-refractivity contribution in [2.45, 2.75) is 39.6 Å². The third kappa shape index (κ3) is 5.46. The molecule has 1 aromatic carbocycles. The van der Waals surface area contributed by atoms with Gasteiger partial charge < -0.3 is 10.1 Å². The standard InChI is InChI=1S/C17H17ClF3N3O3/c1-9-6-10(2)24(23-9)8-15(25)27-11(3)16(26)22-14-5-4-12(18)7-13(14)17(19,20)21/h4-7,11H,8H2,1-3H3,(H,22,26). The molecule has 10 heteroatoms. The van der Waals surface area contributed by atoms with Crippen LogP contribution in [0, 0.1) is 13.8 Å². The number of nitrogens with zero attached hydrogens (tertiary/aromatic N) is 2. The van der Waals surface area contributed by atoms with Gasteiger partial charge in [0.15, 0.2) is 6.10 Å². The first-order valence-corrected chi connectivity index (χ1v) is 8.23. The molecule has 0 spiro atoms. The molecule has 2 aromatic rings. The third-order valence-corrected chi connectivity index (χ3v) is 3.84. The zero-order valence-electron chi connectivity index (χ0n) is 14.7. The maximum atomic E-state index is 13.1. The van der Waals surface area contributed by atoms with E-state index in [0.29, 0.717) is 11.8 Å².